The van der Waals surface area contributed by atoms with Gasteiger partial charge in [0.1, 0.15) is 5.75 Å². The highest BCUT2D eigenvalue weighted by Gasteiger charge is 2.38. The Kier molecular flexibility index (Phi) is 5.64. The molecule has 1 aromatic carbocycles. The van der Waals surface area contributed by atoms with Crippen molar-refractivity contribution in [1.82, 2.24) is 20.0 Å². The number of H-pyrrole nitrogens is 1. The number of aromatic amines is 1. The number of nitrogens with zero attached hydrogens (tertiary/aromatic N) is 4. The van der Waals surface area contributed by atoms with Crippen molar-refractivity contribution >= 4 is 28.9 Å². The Balaban J connectivity index is 1.68. The number of benzene rings is 1. The second kappa shape index (κ2) is 8.02. The van der Waals surface area contributed by atoms with E-state index in [0.717, 1.165) is 6.07 Å². The Bertz CT molecular complexity index is 1110. The number of nitro groups is 1. The zero-order valence-electron chi connectivity index (χ0n) is 15.0. The summed E-state index contributed by atoms with van der Waals surface area (Å²) >= 11 is 5.92. The first-order valence-electron chi connectivity index (χ1n) is 8.10. The molecule has 0 saturated heterocycles. The lowest BCUT2D eigenvalue weighted by Crippen LogP contribution is -2.17. The molecule has 158 valence electrons. The van der Waals surface area contributed by atoms with Crippen molar-refractivity contribution < 1.29 is 27.6 Å². The van der Waals surface area contributed by atoms with Gasteiger partial charge in [0.05, 0.1) is 21.3 Å². The number of hydrogen-bond donors (Lipinski definition) is 2. The Labute approximate surface area is 170 Å². The molecule has 2 aromatic heterocycles. The van der Waals surface area contributed by atoms with Crippen LogP contribution in [0.3, 0.4) is 0 Å². The summed E-state index contributed by atoms with van der Waals surface area (Å²) in [5.41, 5.74) is -2.08. The maximum atomic E-state index is 13.0. The highest BCUT2D eigenvalue weighted by Crippen LogP contribution is 2.34. The molecule has 0 atom stereocenters. The fraction of sp³-hybridized carbons (Fsp3) is 0.188. The van der Waals surface area contributed by atoms with Gasteiger partial charge in [0, 0.05) is 18.3 Å². The summed E-state index contributed by atoms with van der Waals surface area (Å²) in [7, 11) is 0. The van der Waals surface area contributed by atoms with Gasteiger partial charge >= 0.3 is 6.18 Å². The van der Waals surface area contributed by atoms with Crippen molar-refractivity contribution in [3.05, 3.63) is 62.7 Å². The third kappa shape index (κ3) is 4.51. The molecule has 0 radical (unpaired) electrons. The molecular formula is C16H12ClF3N6O4. The van der Waals surface area contributed by atoms with E-state index >= 15 is 0 Å². The molecule has 14 heteroatoms. The molecule has 10 nitrogen and oxygen atoms in total. The molecule has 30 heavy (non-hydrogen) atoms. The van der Waals surface area contributed by atoms with Gasteiger partial charge in [-0.25, -0.2) is 4.68 Å². The zero-order chi connectivity index (χ0) is 22.1. The number of halogens is 4. The Hall–Kier alpha value is -3.61. The summed E-state index contributed by atoms with van der Waals surface area (Å²) in [6, 6.07) is 4.90. The number of aryl methyl sites for hydroxylation is 1. The zero-order valence-corrected chi connectivity index (χ0v) is 15.8. The molecule has 0 spiro atoms. The smallest absolute Gasteiger partial charge is 0.437 e. The van der Waals surface area contributed by atoms with Crippen LogP contribution in [0, 0.1) is 17.0 Å². The first kappa shape index (κ1) is 21.1. The van der Waals surface area contributed by atoms with Crippen LogP contribution < -0.4 is 10.1 Å². The quantitative estimate of drug-likeness (QED) is 0.440. The molecule has 3 aromatic rings. The molecule has 2 N–H and O–H groups in total. The van der Waals surface area contributed by atoms with Gasteiger partial charge in [-0.2, -0.15) is 23.4 Å². The average molecular weight is 445 g/mol. The van der Waals surface area contributed by atoms with Crippen LogP contribution in [0.1, 0.15) is 21.9 Å². The lowest BCUT2D eigenvalue weighted by molar-refractivity contribution is -0.384. The number of carbonyl (C=O) groups is 1. The molecule has 1 amide bonds. The van der Waals surface area contributed by atoms with Gasteiger partial charge in [0.15, 0.2) is 18.1 Å². The van der Waals surface area contributed by atoms with Crippen molar-refractivity contribution in [2.24, 2.45) is 0 Å². The van der Waals surface area contributed by atoms with Gasteiger partial charge in [-0.3, -0.25) is 20.0 Å². The molecular weight excluding hydrogens is 433 g/mol. The molecule has 0 aliphatic rings. The van der Waals surface area contributed by atoms with Crippen molar-refractivity contribution in [1.29, 1.82) is 0 Å². The fourth-order valence-corrected chi connectivity index (χ4v) is 2.60. The average Bonchev–Trinajstić information content (AvgIpc) is 3.27. The number of hydrogen-bond acceptors (Lipinski definition) is 6. The minimum atomic E-state index is -4.75. The highest BCUT2D eigenvalue weighted by atomic mass is 35.5. The first-order valence-corrected chi connectivity index (χ1v) is 8.47. The monoisotopic (exact) mass is 444 g/mol. The first-order chi connectivity index (χ1) is 14.1. The minimum Gasteiger partial charge on any atom is -0.470 e. The molecule has 0 bridgehead atoms. The summed E-state index contributed by atoms with van der Waals surface area (Å²) in [4.78, 5) is 22.4. The van der Waals surface area contributed by atoms with E-state index in [-0.39, 0.29) is 34.6 Å². The molecule has 3 rings (SSSR count). The number of nitrogens with one attached hydrogen (secondary N) is 2. The lowest BCUT2D eigenvalue weighted by Gasteiger charge is -2.08. The molecule has 2 heterocycles. The molecule has 0 unspecified atom stereocenters. The Morgan fingerprint density at radius 2 is 2.13 bits per heavy atom. The van der Waals surface area contributed by atoms with Crippen LogP contribution in [0.15, 0.2) is 30.5 Å². The summed E-state index contributed by atoms with van der Waals surface area (Å²) in [6.45, 7) is 1.13. The lowest BCUT2D eigenvalue weighted by atomic mass is 10.2. The van der Waals surface area contributed by atoms with Gasteiger partial charge in [-0.05, 0) is 19.1 Å². The number of aromatic nitrogens is 4. The van der Waals surface area contributed by atoms with Crippen molar-refractivity contribution in [2.45, 2.75) is 19.8 Å². The second-order valence-corrected chi connectivity index (χ2v) is 6.32. The van der Waals surface area contributed by atoms with Gasteiger partial charge in [-0.15, -0.1) is 0 Å². The van der Waals surface area contributed by atoms with Crippen molar-refractivity contribution in [2.75, 3.05) is 5.32 Å². The second-order valence-electron chi connectivity index (χ2n) is 5.91. The largest absolute Gasteiger partial charge is 0.470 e. The van der Waals surface area contributed by atoms with E-state index in [1.807, 2.05) is 0 Å². The maximum Gasteiger partial charge on any atom is 0.437 e. The third-order valence-corrected chi connectivity index (χ3v) is 4.10. The van der Waals surface area contributed by atoms with Crippen LogP contribution in [-0.4, -0.2) is 30.8 Å². The van der Waals surface area contributed by atoms with Gasteiger partial charge in [-0.1, -0.05) is 11.6 Å². The molecule has 0 aliphatic heterocycles. The summed E-state index contributed by atoms with van der Waals surface area (Å²) in [5.74, 6) is -0.732. The van der Waals surface area contributed by atoms with E-state index in [4.69, 9.17) is 16.3 Å². The van der Waals surface area contributed by atoms with E-state index in [9.17, 15) is 28.1 Å². The van der Waals surface area contributed by atoms with Crippen LogP contribution in [0.2, 0.25) is 5.02 Å². The number of alkyl halides is 3. The van der Waals surface area contributed by atoms with Crippen LogP contribution in [0.5, 0.6) is 5.75 Å². The van der Waals surface area contributed by atoms with Gasteiger partial charge < -0.3 is 10.1 Å². The minimum absolute atomic E-state index is 0.00411. The number of anilines is 1. The van der Waals surface area contributed by atoms with Crippen LogP contribution in [-0.2, 0) is 12.9 Å². The maximum absolute atomic E-state index is 13.0. The fourth-order valence-electron chi connectivity index (χ4n) is 2.38. The van der Waals surface area contributed by atoms with Crippen molar-refractivity contribution in [3.63, 3.8) is 0 Å². The number of carbonyl (C=O) groups excluding carboxylic acids is 1. The van der Waals surface area contributed by atoms with E-state index < -0.39 is 28.4 Å². The van der Waals surface area contributed by atoms with Gasteiger partial charge in [0.25, 0.3) is 11.6 Å². The van der Waals surface area contributed by atoms with Crippen LogP contribution in [0.4, 0.5) is 24.5 Å². The standard InChI is InChI=1S/C16H12ClF3N6O4/c1-8-13(14(23-22-8)16(18,19)20)21-15(27)11-4-5-25(24-11)7-30-12-3-2-9(26(28)29)6-10(12)17/h2-6H,7H2,1H3,(H,21,27)(H,22,23). The predicted octanol–water partition coefficient (Wildman–Crippen LogP) is 3.78. The number of amides is 1. The predicted molar refractivity (Wildman–Crippen MR) is 97.2 cm³/mol. The normalized spacial score (nSPS) is 11.4. The number of non-ortho nitro benzene ring substituents is 1. The van der Waals surface area contributed by atoms with Crippen LogP contribution in [0.25, 0.3) is 0 Å². The van der Waals surface area contributed by atoms with Crippen LogP contribution >= 0.6 is 11.6 Å². The topological polar surface area (TPSA) is 128 Å². The third-order valence-electron chi connectivity index (χ3n) is 3.81. The van der Waals surface area contributed by atoms with E-state index in [1.165, 1.54) is 36.0 Å². The number of ether oxygens (including phenoxy) is 1. The molecule has 0 fully saturated rings. The van der Waals surface area contributed by atoms with E-state index in [0.29, 0.717) is 0 Å². The Morgan fingerprint density at radius 1 is 1.40 bits per heavy atom. The Morgan fingerprint density at radius 3 is 2.77 bits per heavy atom. The number of nitro benzene ring substituents is 1. The summed E-state index contributed by atoms with van der Waals surface area (Å²) < 4.78 is 45.5. The van der Waals surface area contributed by atoms with Crippen molar-refractivity contribution in [3.8, 4) is 5.75 Å². The van der Waals surface area contributed by atoms with E-state index in [1.54, 1.807) is 0 Å². The molecule has 0 saturated carbocycles. The highest BCUT2D eigenvalue weighted by molar-refractivity contribution is 6.32. The summed E-state index contributed by atoms with van der Waals surface area (Å²) in [5, 5.41) is 22.1. The molecule has 0 aliphatic carbocycles. The number of rotatable bonds is 6. The summed E-state index contributed by atoms with van der Waals surface area (Å²) in [6.07, 6.45) is -3.38. The van der Waals surface area contributed by atoms with Gasteiger partial charge in [0.2, 0.25) is 0 Å². The van der Waals surface area contributed by atoms with E-state index in [2.05, 4.69) is 20.6 Å². The SMILES string of the molecule is Cc1[nH]nc(C(F)(F)F)c1NC(=O)c1ccn(COc2ccc([N+](=O)[O-])cc2Cl)n1.